The molecular formula is C22H22N2O5. The van der Waals surface area contributed by atoms with Gasteiger partial charge < -0.3 is 19.1 Å². The number of carbonyl (C=O) groups excluding carboxylic acids is 2. The van der Waals surface area contributed by atoms with Gasteiger partial charge in [0.1, 0.15) is 5.75 Å². The maximum Gasteiger partial charge on any atom is 0.348 e. The van der Waals surface area contributed by atoms with Crippen LogP contribution in [0.1, 0.15) is 24.2 Å². The SMILES string of the molecule is C[C@H](Oc1ccc(C#N)cc1)C(=O)O[C@@H](C(=O)N1CCOCC1)c1ccccc1. The third kappa shape index (κ3) is 5.33. The van der Waals surface area contributed by atoms with Crippen molar-refractivity contribution in [1.29, 1.82) is 5.26 Å². The van der Waals surface area contributed by atoms with Crippen LogP contribution in [0.2, 0.25) is 0 Å². The van der Waals surface area contributed by atoms with Crippen LogP contribution in [0.25, 0.3) is 0 Å². The van der Waals surface area contributed by atoms with Gasteiger partial charge in [-0.25, -0.2) is 4.79 Å². The monoisotopic (exact) mass is 394 g/mol. The highest BCUT2D eigenvalue weighted by molar-refractivity contribution is 5.86. The lowest BCUT2D eigenvalue weighted by Crippen LogP contribution is -2.44. The number of benzene rings is 2. The summed E-state index contributed by atoms with van der Waals surface area (Å²) in [5.41, 5.74) is 1.09. The second kappa shape index (κ2) is 9.71. The van der Waals surface area contributed by atoms with Crippen molar-refractivity contribution in [2.75, 3.05) is 26.3 Å². The summed E-state index contributed by atoms with van der Waals surface area (Å²) in [4.78, 5) is 27.3. The zero-order valence-corrected chi connectivity index (χ0v) is 16.1. The second-order valence-corrected chi connectivity index (χ2v) is 6.56. The third-order valence-electron chi connectivity index (χ3n) is 4.51. The molecule has 0 radical (unpaired) electrons. The summed E-state index contributed by atoms with van der Waals surface area (Å²) in [6.07, 6.45) is -1.97. The van der Waals surface area contributed by atoms with E-state index in [4.69, 9.17) is 19.5 Å². The van der Waals surface area contributed by atoms with Crippen LogP contribution in [0, 0.1) is 11.3 Å². The number of nitrogens with zero attached hydrogens (tertiary/aromatic N) is 2. The van der Waals surface area contributed by atoms with Crippen molar-refractivity contribution in [3.05, 3.63) is 65.7 Å². The Balaban J connectivity index is 1.71. The van der Waals surface area contributed by atoms with E-state index in [1.807, 2.05) is 12.1 Å². The molecule has 0 aromatic heterocycles. The molecule has 1 heterocycles. The molecule has 7 nitrogen and oxygen atoms in total. The summed E-state index contributed by atoms with van der Waals surface area (Å²) in [6, 6.07) is 17.4. The van der Waals surface area contributed by atoms with Crippen LogP contribution in [0.5, 0.6) is 5.75 Å². The summed E-state index contributed by atoms with van der Waals surface area (Å²) >= 11 is 0. The maximum atomic E-state index is 13.0. The number of hydrogen-bond acceptors (Lipinski definition) is 6. The quantitative estimate of drug-likeness (QED) is 0.700. The first-order valence-corrected chi connectivity index (χ1v) is 9.37. The third-order valence-corrected chi connectivity index (χ3v) is 4.51. The summed E-state index contributed by atoms with van der Waals surface area (Å²) in [7, 11) is 0. The molecule has 0 bridgehead atoms. The van der Waals surface area contributed by atoms with Crippen molar-refractivity contribution in [2.24, 2.45) is 0 Å². The Kier molecular flexibility index (Phi) is 6.82. The molecule has 1 aliphatic rings. The molecule has 0 spiro atoms. The highest BCUT2D eigenvalue weighted by Crippen LogP contribution is 2.23. The number of ether oxygens (including phenoxy) is 3. The van der Waals surface area contributed by atoms with Crippen molar-refractivity contribution in [2.45, 2.75) is 19.1 Å². The van der Waals surface area contributed by atoms with Gasteiger partial charge >= 0.3 is 5.97 Å². The van der Waals surface area contributed by atoms with Crippen molar-refractivity contribution in [3.8, 4) is 11.8 Å². The fourth-order valence-electron chi connectivity index (χ4n) is 2.91. The molecule has 3 rings (SSSR count). The standard InChI is InChI=1S/C22H22N2O5/c1-16(28-19-9-7-17(15-23)8-10-19)22(26)29-20(18-5-3-2-4-6-18)21(25)24-11-13-27-14-12-24/h2-10,16,20H,11-14H2,1H3/t16-,20+/m0/s1. The Morgan fingerprint density at radius 3 is 2.34 bits per heavy atom. The minimum absolute atomic E-state index is 0.279. The van der Waals surface area contributed by atoms with Crippen LogP contribution in [0.3, 0.4) is 0 Å². The van der Waals surface area contributed by atoms with Crippen LogP contribution in [-0.4, -0.2) is 49.2 Å². The average molecular weight is 394 g/mol. The van der Waals surface area contributed by atoms with Crippen LogP contribution < -0.4 is 4.74 Å². The van der Waals surface area contributed by atoms with E-state index in [0.717, 1.165) is 0 Å². The molecule has 1 saturated heterocycles. The molecule has 0 unspecified atom stereocenters. The van der Waals surface area contributed by atoms with Crippen LogP contribution >= 0.6 is 0 Å². The Hall–Kier alpha value is -3.37. The van der Waals surface area contributed by atoms with Crippen molar-refractivity contribution in [3.63, 3.8) is 0 Å². The number of carbonyl (C=O) groups is 2. The summed E-state index contributed by atoms with van der Waals surface area (Å²) in [5.74, 6) is -0.493. The number of esters is 1. The molecule has 0 N–H and O–H groups in total. The van der Waals surface area contributed by atoms with Crippen LogP contribution in [0.15, 0.2) is 54.6 Å². The van der Waals surface area contributed by atoms with Gasteiger partial charge in [-0.05, 0) is 31.2 Å². The molecule has 2 atom stereocenters. The minimum Gasteiger partial charge on any atom is -0.479 e. The van der Waals surface area contributed by atoms with Crippen molar-refractivity contribution >= 4 is 11.9 Å². The van der Waals surface area contributed by atoms with E-state index in [1.54, 1.807) is 60.4 Å². The number of rotatable bonds is 6. The molecule has 0 aliphatic carbocycles. The zero-order valence-electron chi connectivity index (χ0n) is 16.1. The van der Waals surface area contributed by atoms with Gasteiger partial charge in [0.2, 0.25) is 6.10 Å². The lowest BCUT2D eigenvalue weighted by atomic mass is 10.1. The highest BCUT2D eigenvalue weighted by Gasteiger charge is 2.32. The topological polar surface area (TPSA) is 88.9 Å². The number of morpholine rings is 1. The van der Waals surface area contributed by atoms with E-state index in [1.165, 1.54) is 0 Å². The molecule has 1 aliphatic heterocycles. The smallest absolute Gasteiger partial charge is 0.348 e. The van der Waals surface area contributed by atoms with Crippen molar-refractivity contribution in [1.82, 2.24) is 4.90 Å². The van der Waals surface area contributed by atoms with Gasteiger partial charge in [0.25, 0.3) is 5.91 Å². The van der Waals surface area contributed by atoms with Gasteiger partial charge in [0, 0.05) is 18.7 Å². The molecule has 1 fully saturated rings. The molecular weight excluding hydrogens is 372 g/mol. The Labute approximate surface area is 169 Å². The summed E-state index contributed by atoms with van der Waals surface area (Å²) < 4.78 is 16.5. The van der Waals surface area contributed by atoms with E-state index in [-0.39, 0.29) is 5.91 Å². The Morgan fingerprint density at radius 1 is 1.07 bits per heavy atom. The molecule has 1 amide bonds. The zero-order chi connectivity index (χ0) is 20.6. The van der Waals surface area contributed by atoms with Gasteiger partial charge in [-0.15, -0.1) is 0 Å². The van der Waals surface area contributed by atoms with Gasteiger partial charge in [0.05, 0.1) is 24.8 Å². The van der Waals surface area contributed by atoms with E-state index >= 15 is 0 Å². The van der Waals surface area contributed by atoms with E-state index in [9.17, 15) is 9.59 Å². The predicted molar refractivity (Wildman–Crippen MR) is 104 cm³/mol. The van der Waals surface area contributed by atoms with Crippen LogP contribution in [-0.2, 0) is 19.1 Å². The van der Waals surface area contributed by atoms with Crippen molar-refractivity contribution < 1.29 is 23.8 Å². The first kappa shape index (κ1) is 20.4. The number of nitriles is 1. The molecule has 2 aromatic carbocycles. The number of hydrogen-bond donors (Lipinski definition) is 0. The van der Waals surface area contributed by atoms with Gasteiger partial charge in [-0.1, -0.05) is 30.3 Å². The molecule has 150 valence electrons. The second-order valence-electron chi connectivity index (χ2n) is 6.56. The number of amides is 1. The highest BCUT2D eigenvalue weighted by atomic mass is 16.6. The fourth-order valence-corrected chi connectivity index (χ4v) is 2.91. The van der Waals surface area contributed by atoms with Crippen LogP contribution in [0.4, 0.5) is 0 Å². The van der Waals surface area contributed by atoms with E-state index < -0.39 is 18.2 Å². The molecule has 0 saturated carbocycles. The molecule has 29 heavy (non-hydrogen) atoms. The Bertz CT molecular complexity index is 870. The van der Waals surface area contributed by atoms with E-state index in [0.29, 0.717) is 43.2 Å². The lowest BCUT2D eigenvalue weighted by molar-refractivity contribution is -0.167. The first-order valence-electron chi connectivity index (χ1n) is 9.37. The summed E-state index contributed by atoms with van der Waals surface area (Å²) in [5, 5.41) is 8.86. The first-order chi connectivity index (χ1) is 14.1. The largest absolute Gasteiger partial charge is 0.479 e. The normalized spacial score (nSPS) is 15.7. The Morgan fingerprint density at radius 2 is 1.72 bits per heavy atom. The van der Waals surface area contributed by atoms with Gasteiger partial charge in [0.15, 0.2) is 6.10 Å². The fraction of sp³-hybridized carbons (Fsp3) is 0.318. The van der Waals surface area contributed by atoms with Gasteiger partial charge in [-0.2, -0.15) is 5.26 Å². The van der Waals surface area contributed by atoms with E-state index in [2.05, 4.69) is 0 Å². The molecule has 2 aromatic rings. The predicted octanol–water partition coefficient (Wildman–Crippen LogP) is 2.47. The molecule has 7 heteroatoms. The maximum absolute atomic E-state index is 13.0. The average Bonchev–Trinajstić information content (AvgIpc) is 2.78. The lowest BCUT2D eigenvalue weighted by Gasteiger charge is -2.30. The minimum atomic E-state index is -1.05. The summed E-state index contributed by atoms with van der Waals surface area (Å²) in [6.45, 7) is 3.38. The van der Waals surface area contributed by atoms with Gasteiger partial charge in [-0.3, -0.25) is 4.79 Å².